The lowest BCUT2D eigenvalue weighted by molar-refractivity contribution is 0.0665. The van der Waals surface area contributed by atoms with Gasteiger partial charge in [-0.1, -0.05) is 13.8 Å². The number of amides is 1. The number of nitrogens with two attached hydrogens (primary N) is 1. The zero-order chi connectivity index (χ0) is 13.5. The van der Waals surface area contributed by atoms with Crippen LogP contribution in [-0.4, -0.2) is 47.8 Å². The Morgan fingerprint density at radius 3 is 2.67 bits per heavy atom. The molecule has 0 saturated heterocycles. The Labute approximate surface area is 107 Å². The molecular weight excluding hydrogens is 232 g/mol. The van der Waals surface area contributed by atoms with Gasteiger partial charge in [-0.05, 0) is 18.1 Å². The van der Waals surface area contributed by atoms with E-state index in [-0.39, 0.29) is 5.91 Å². The first-order chi connectivity index (χ1) is 8.54. The molecule has 0 saturated carbocycles. The summed E-state index contributed by atoms with van der Waals surface area (Å²) in [7, 11) is 1.61. The van der Waals surface area contributed by atoms with Crippen LogP contribution >= 0.6 is 0 Å². The summed E-state index contributed by atoms with van der Waals surface area (Å²) in [5.41, 5.74) is 5.75. The van der Waals surface area contributed by atoms with Gasteiger partial charge in [-0.2, -0.15) is 0 Å². The number of rotatable bonds is 6. The molecule has 0 unspecified atom stereocenters. The third-order valence-electron chi connectivity index (χ3n) is 2.34. The molecule has 1 heterocycles. The highest BCUT2D eigenvalue weighted by Gasteiger charge is 2.18. The second kappa shape index (κ2) is 6.90. The van der Waals surface area contributed by atoms with Crippen LogP contribution < -0.4 is 5.73 Å². The minimum Gasteiger partial charge on any atom is -0.383 e. The number of nitrogen functional groups attached to an aromatic ring is 1. The van der Waals surface area contributed by atoms with Gasteiger partial charge < -0.3 is 15.4 Å². The Hall–Kier alpha value is -1.69. The molecule has 1 rings (SSSR count). The summed E-state index contributed by atoms with van der Waals surface area (Å²) >= 11 is 0. The van der Waals surface area contributed by atoms with Crippen LogP contribution in [0, 0.1) is 5.92 Å². The summed E-state index contributed by atoms with van der Waals surface area (Å²) in [4.78, 5) is 13.9. The lowest BCUT2D eigenvalue weighted by Crippen LogP contribution is -2.37. The van der Waals surface area contributed by atoms with Gasteiger partial charge in [0.25, 0.3) is 5.91 Å². The van der Waals surface area contributed by atoms with Gasteiger partial charge in [0, 0.05) is 20.2 Å². The Balaban J connectivity index is 2.77. The van der Waals surface area contributed by atoms with Crippen LogP contribution in [0.2, 0.25) is 0 Å². The number of nitrogens with zero attached hydrogens (tertiary/aromatic N) is 3. The third kappa shape index (κ3) is 4.29. The topological polar surface area (TPSA) is 81.3 Å². The SMILES string of the molecule is COCCN(CC(C)C)C(=O)c1ccc(N)nn1. The molecule has 18 heavy (non-hydrogen) atoms. The standard InChI is InChI=1S/C12H20N4O2/c1-9(2)8-16(6-7-18-3)12(17)10-4-5-11(13)15-14-10/h4-5,9H,6-8H2,1-3H3,(H2,13,15). The first-order valence-electron chi connectivity index (χ1n) is 5.92. The fraction of sp³-hybridized carbons (Fsp3) is 0.583. The number of carbonyl (C=O) groups excluding carboxylic acids is 1. The number of hydrogen-bond acceptors (Lipinski definition) is 5. The zero-order valence-electron chi connectivity index (χ0n) is 11.1. The summed E-state index contributed by atoms with van der Waals surface area (Å²) in [5, 5.41) is 7.50. The molecule has 6 heteroatoms. The molecule has 1 aromatic heterocycles. The summed E-state index contributed by atoms with van der Waals surface area (Å²) in [6.07, 6.45) is 0. The van der Waals surface area contributed by atoms with Crippen molar-refractivity contribution in [2.75, 3.05) is 32.5 Å². The maximum atomic E-state index is 12.2. The Morgan fingerprint density at radius 2 is 2.17 bits per heavy atom. The third-order valence-corrected chi connectivity index (χ3v) is 2.34. The van der Waals surface area contributed by atoms with Crippen LogP contribution in [-0.2, 0) is 4.74 Å². The van der Waals surface area contributed by atoms with E-state index in [0.29, 0.717) is 37.1 Å². The first kappa shape index (κ1) is 14.4. The maximum absolute atomic E-state index is 12.2. The number of ether oxygens (including phenoxy) is 1. The smallest absolute Gasteiger partial charge is 0.274 e. The zero-order valence-corrected chi connectivity index (χ0v) is 11.1. The van der Waals surface area contributed by atoms with Gasteiger partial charge in [0.2, 0.25) is 0 Å². The molecule has 0 bridgehead atoms. The molecule has 1 aromatic rings. The average molecular weight is 252 g/mol. The fourth-order valence-corrected chi connectivity index (χ4v) is 1.54. The highest BCUT2D eigenvalue weighted by atomic mass is 16.5. The summed E-state index contributed by atoms with van der Waals surface area (Å²) < 4.78 is 5.01. The van der Waals surface area contributed by atoms with E-state index in [1.165, 1.54) is 0 Å². The highest BCUT2D eigenvalue weighted by molar-refractivity contribution is 5.92. The van der Waals surface area contributed by atoms with Gasteiger partial charge in [-0.15, -0.1) is 10.2 Å². The van der Waals surface area contributed by atoms with Crippen molar-refractivity contribution in [1.29, 1.82) is 0 Å². The van der Waals surface area contributed by atoms with E-state index in [1.807, 2.05) is 0 Å². The van der Waals surface area contributed by atoms with Crippen LogP contribution in [0.25, 0.3) is 0 Å². The predicted octanol–water partition coefficient (Wildman–Crippen LogP) is 0.803. The predicted molar refractivity (Wildman–Crippen MR) is 69.1 cm³/mol. The molecule has 0 radical (unpaired) electrons. The van der Waals surface area contributed by atoms with Crippen LogP contribution in [0.15, 0.2) is 12.1 Å². The maximum Gasteiger partial charge on any atom is 0.274 e. The minimum absolute atomic E-state index is 0.145. The largest absolute Gasteiger partial charge is 0.383 e. The van der Waals surface area contributed by atoms with Crippen LogP contribution in [0.4, 0.5) is 5.82 Å². The van der Waals surface area contributed by atoms with Gasteiger partial charge in [0.05, 0.1) is 6.61 Å². The van der Waals surface area contributed by atoms with Crippen LogP contribution in [0.5, 0.6) is 0 Å². The normalized spacial score (nSPS) is 10.7. The van der Waals surface area contributed by atoms with Crippen molar-refractivity contribution in [1.82, 2.24) is 15.1 Å². The van der Waals surface area contributed by atoms with Crippen molar-refractivity contribution in [2.24, 2.45) is 5.92 Å². The monoisotopic (exact) mass is 252 g/mol. The molecule has 0 spiro atoms. The van der Waals surface area contributed by atoms with E-state index in [0.717, 1.165) is 0 Å². The van der Waals surface area contributed by atoms with Gasteiger partial charge in [-0.25, -0.2) is 0 Å². The van der Waals surface area contributed by atoms with Gasteiger partial charge >= 0.3 is 0 Å². The number of methoxy groups -OCH3 is 1. The summed E-state index contributed by atoms with van der Waals surface area (Å²) in [5.74, 6) is 0.541. The van der Waals surface area contributed by atoms with Crippen molar-refractivity contribution in [3.63, 3.8) is 0 Å². The molecule has 0 aliphatic heterocycles. The van der Waals surface area contributed by atoms with Gasteiger partial charge in [-0.3, -0.25) is 4.79 Å². The molecule has 6 nitrogen and oxygen atoms in total. The molecule has 0 fully saturated rings. The van der Waals surface area contributed by atoms with E-state index in [2.05, 4.69) is 24.0 Å². The quantitative estimate of drug-likeness (QED) is 0.810. The molecule has 1 amide bonds. The second-order valence-electron chi connectivity index (χ2n) is 4.48. The Kier molecular flexibility index (Phi) is 5.51. The molecule has 0 aromatic carbocycles. The minimum atomic E-state index is -0.145. The molecule has 0 atom stereocenters. The molecule has 100 valence electrons. The molecule has 0 aliphatic rings. The van der Waals surface area contributed by atoms with Crippen LogP contribution in [0.3, 0.4) is 0 Å². The van der Waals surface area contributed by atoms with E-state index in [1.54, 1.807) is 24.1 Å². The lowest BCUT2D eigenvalue weighted by atomic mass is 10.2. The number of anilines is 1. The van der Waals surface area contributed by atoms with E-state index in [9.17, 15) is 4.79 Å². The first-order valence-corrected chi connectivity index (χ1v) is 5.92. The van der Waals surface area contributed by atoms with E-state index < -0.39 is 0 Å². The number of carbonyl (C=O) groups is 1. The van der Waals surface area contributed by atoms with E-state index >= 15 is 0 Å². The lowest BCUT2D eigenvalue weighted by Gasteiger charge is -2.23. The van der Waals surface area contributed by atoms with Crippen molar-refractivity contribution in [3.8, 4) is 0 Å². The summed E-state index contributed by atoms with van der Waals surface area (Å²) in [6.45, 7) is 5.82. The molecule has 2 N–H and O–H groups in total. The molecular formula is C12H20N4O2. The number of hydrogen-bond donors (Lipinski definition) is 1. The van der Waals surface area contributed by atoms with Gasteiger partial charge in [0.15, 0.2) is 5.69 Å². The second-order valence-corrected chi connectivity index (χ2v) is 4.48. The van der Waals surface area contributed by atoms with Crippen molar-refractivity contribution < 1.29 is 9.53 Å². The van der Waals surface area contributed by atoms with Crippen molar-refractivity contribution in [2.45, 2.75) is 13.8 Å². The number of aromatic nitrogens is 2. The van der Waals surface area contributed by atoms with Gasteiger partial charge in [0.1, 0.15) is 5.82 Å². The fourth-order valence-electron chi connectivity index (χ4n) is 1.54. The Bertz CT molecular complexity index is 378. The molecule has 0 aliphatic carbocycles. The van der Waals surface area contributed by atoms with Crippen molar-refractivity contribution in [3.05, 3.63) is 17.8 Å². The van der Waals surface area contributed by atoms with E-state index in [4.69, 9.17) is 10.5 Å². The van der Waals surface area contributed by atoms with Crippen LogP contribution in [0.1, 0.15) is 24.3 Å². The van der Waals surface area contributed by atoms with Crippen molar-refractivity contribution >= 4 is 11.7 Å². The highest BCUT2D eigenvalue weighted by Crippen LogP contribution is 2.06. The average Bonchev–Trinajstić information content (AvgIpc) is 2.34. The summed E-state index contributed by atoms with van der Waals surface area (Å²) in [6, 6.07) is 3.16. The Morgan fingerprint density at radius 1 is 1.44 bits per heavy atom.